The van der Waals surface area contributed by atoms with Gasteiger partial charge in [0.2, 0.25) is 0 Å². The molecule has 1 amide bonds. The summed E-state index contributed by atoms with van der Waals surface area (Å²) < 4.78 is 6.84. The highest BCUT2D eigenvalue weighted by molar-refractivity contribution is 7.18. The minimum Gasteiger partial charge on any atom is -0.480 e. The molecule has 0 saturated carbocycles. The molecule has 1 atom stereocenters. The number of hydrogen-bond acceptors (Lipinski definition) is 5. The summed E-state index contributed by atoms with van der Waals surface area (Å²) in [7, 11) is 0. The maximum atomic E-state index is 12.5. The number of ether oxygens (including phenoxy) is 1. The topological polar surface area (TPSA) is 75.0 Å². The van der Waals surface area contributed by atoms with Gasteiger partial charge in [-0.25, -0.2) is 4.98 Å². The number of carbonyl (C=O) groups excluding carboxylic acids is 1. The molecule has 0 aliphatic carbocycles. The van der Waals surface area contributed by atoms with E-state index in [0.29, 0.717) is 17.0 Å². The quantitative estimate of drug-likeness (QED) is 0.473. The Morgan fingerprint density at radius 3 is 2.60 bits per heavy atom. The fraction of sp³-hybridized carbons (Fsp3) is 0.125. The summed E-state index contributed by atoms with van der Waals surface area (Å²) in [5.74, 6) is 0.121. The molecular weight excluding hydrogens is 394 g/mol. The molecule has 4 aromatic rings. The molecular formula is C24H19N3O2S. The van der Waals surface area contributed by atoms with Crippen LogP contribution in [0, 0.1) is 11.3 Å². The van der Waals surface area contributed by atoms with Crippen molar-refractivity contribution >= 4 is 33.1 Å². The van der Waals surface area contributed by atoms with Gasteiger partial charge in [-0.2, -0.15) is 5.26 Å². The van der Waals surface area contributed by atoms with E-state index >= 15 is 0 Å². The summed E-state index contributed by atoms with van der Waals surface area (Å²) in [4.78, 5) is 17.1. The third kappa shape index (κ3) is 4.48. The van der Waals surface area contributed by atoms with E-state index in [0.717, 1.165) is 22.5 Å². The van der Waals surface area contributed by atoms with Crippen LogP contribution in [0.1, 0.15) is 23.1 Å². The highest BCUT2D eigenvalue weighted by Gasteiger charge is 2.16. The summed E-state index contributed by atoms with van der Waals surface area (Å²) in [6.07, 6.45) is 0.0137. The van der Waals surface area contributed by atoms with Gasteiger partial charge in [-0.3, -0.25) is 4.79 Å². The average Bonchev–Trinajstić information content (AvgIpc) is 3.17. The van der Waals surface area contributed by atoms with E-state index in [-0.39, 0.29) is 5.91 Å². The molecule has 1 heterocycles. The second-order valence-electron chi connectivity index (χ2n) is 6.81. The molecule has 1 N–H and O–H groups in total. The zero-order valence-electron chi connectivity index (χ0n) is 16.3. The smallest absolute Gasteiger partial charge is 0.265 e. The van der Waals surface area contributed by atoms with Crippen molar-refractivity contribution in [3.63, 3.8) is 0 Å². The third-order valence-corrected chi connectivity index (χ3v) is 5.63. The zero-order valence-corrected chi connectivity index (χ0v) is 17.1. The number of fused-ring (bicyclic) bond motifs is 1. The molecule has 0 spiro atoms. The Bertz CT molecular complexity index is 1190. The molecule has 4 rings (SSSR count). The maximum Gasteiger partial charge on any atom is 0.265 e. The van der Waals surface area contributed by atoms with Crippen molar-refractivity contribution in [2.24, 2.45) is 0 Å². The summed E-state index contributed by atoms with van der Waals surface area (Å²) in [5.41, 5.74) is 3.24. The molecule has 0 aliphatic rings. The Hall–Kier alpha value is -3.69. The summed E-state index contributed by atoms with van der Waals surface area (Å²) >= 11 is 1.69. The van der Waals surface area contributed by atoms with E-state index < -0.39 is 6.10 Å². The van der Waals surface area contributed by atoms with Crippen molar-refractivity contribution in [1.29, 1.82) is 5.26 Å². The highest BCUT2D eigenvalue weighted by atomic mass is 32.1. The molecule has 5 nitrogen and oxygen atoms in total. The van der Waals surface area contributed by atoms with E-state index in [4.69, 9.17) is 10.00 Å². The molecule has 148 valence electrons. The summed E-state index contributed by atoms with van der Waals surface area (Å²) in [6.45, 7) is 1.66. The summed E-state index contributed by atoms with van der Waals surface area (Å²) in [5, 5.41) is 13.1. The Labute approximate surface area is 178 Å². The molecule has 3 aromatic carbocycles. The van der Waals surface area contributed by atoms with Crippen LogP contribution in [0.25, 0.3) is 10.2 Å². The van der Waals surface area contributed by atoms with Crippen LogP contribution in [0.15, 0.2) is 72.8 Å². The molecule has 0 bridgehead atoms. The van der Waals surface area contributed by atoms with Gasteiger partial charge in [0.05, 0.1) is 20.8 Å². The fourth-order valence-electron chi connectivity index (χ4n) is 3.03. The number of anilines is 1. The second kappa shape index (κ2) is 8.76. The van der Waals surface area contributed by atoms with E-state index in [9.17, 15) is 4.79 Å². The molecule has 0 radical (unpaired) electrons. The van der Waals surface area contributed by atoms with Crippen molar-refractivity contribution in [3.8, 4) is 11.8 Å². The Kier molecular flexibility index (Phi) is 5.73. The van der Waals surface area contributed by atoms with Crippen LogP contribution in [0.3, 0.4) is 0 Å². The van der Waals surface area contributed by atoms with Crippen molar-refractivity contribution in [2.45, 2.75) is 19.4 Å². The van der Waals surface area contributed by atoms with Crippen LogP contribution in [0.5, 0.6) is 5.75 Å². The van der Waals surface area contributed by atoms with Crippen LogP contribution in [0.2, 0.25) is 0 Å². The number of nitriles is 1. The highest BCUT2D eigenvalue weighted by Crippen LogP contribution is 2.24. The Balaban J connectivity index is 1.38. The minimum absolute atomic E-state index is 0.276. The lowest BCUT2D eigenvalue weighted by atomic mass is 10.1. The number of carbonyl (C=O) groups is 1. The van der Waals surface area contributed by atoms with Gasteiger partial charge >= 0.3 is 0 Å². The SMILES string of the molecule is CC(Oc1ccccc1C#N)C(=O)Nc1ccc(Cc2nc3ccccc3s2)cc1. The van der Waals surface area contributed by atoms with Crippen molar-refractivity contribution in [2.75, 3.05) is 5.32 Å². The second-order valence-corrected chi connectivity index (χ2v) is 7.92. The number of aromatic nitrogens is 1. The average molecular weight is 414 g/mol. The number of amides is 1. The van der Waals surface area contributed by atoms with Crippen LogP contribution in [-0.4, -0.2) is 17.0 Å². The van der Waals surface area contributed by atoms with Crippen molar-refractivity contribution in [1.82, 2.24) is 4.98 Å². The molecule has 1 aromatic heterocycles. The fourth-order valence-corrected chi connectivity index (χ4v) is 4.03. The van der Waals surface area contributed by atoms with Gasteiger partial charge < -0.3 is 10.1 Å². The Morgan fingerprint density at radius 2 is 1.83 bits per heavy atom. The lowest BCUT2D eigenvalue weighted by molar-refractivity contribution is -0.122. The van der Waals surface area contributed by atoms with E-state index in [1.807, 2.05) is 42.5 Å². The monoisotopic (exact) mass is 413 g/mol. The number of nitrogens with one attached hydrogen (secondary N) is 1. The molecule has 0 aliphatic heterocycles. The number of thiazole rings is 1. The molecule has 1 unspecified atom stereocenters. The predicted molar refractivity (Wildman–Crippen MR) is 119 cm³/mol. The number of benzene rings is 3. The van der Waals surface area contributed by atoms with Crippen molar-refractivity contribution < 1.29 is 9.53 Å². The van der Waals surface area contributed by atoms with E-state index in [2.05, 4.69) is 22.4 Å². The zero-order chi connectivity index (χ0) is 20.9. The first-order valence-corrected chi connectivity index (χ1v) is 10.3. The first-order chi connectivity index (χ1) is 14.6. The van der Waals surface area contributed by atoms with E-state index in [1.54, 1.807) is 42.5 Å². The number of hydrogen-bond donors (Lipinski definition) is 1. The maximum absolute atomic E-state index is 12.5. The largest absolute Gasteiger partial charge is 0.480 e. The van der Waals surface area contributed by atoms with Gasteiger partial charge in [0, 0.05) is 12.1 Å². The van der Waals surface area contributed by atoms with Crippen LogP contribution >= 0.6 is 11.3 Å². The number of nitrogens with zero attached hydrogens (tertiary/aromatic N) is 2. The van der Waals surface area contributed by atoms with Gasteiger partial charge in [0.1, 0.15) is 11.8 Å². The van der Waals surface area contributed by atoms with Crippen LogP contribution < -0.4 is 10.1 Å². The number of para-hydroxylation sites is 2. The Morgan fingerprint density at radius 1 is 1.10 bits per heavy atom. The van der Waals surface area contributed by atoms with Crippen molar-refractivity contribution in [3.05, 3.63) is 88.9 Å². The molecule has 0 saturated heterocycles. The molecule has 0 fully saturated rings. The lowest BCUT2D eigenvalue weighted by Crippen LogP contribution is -2.30. The molecule has 30 heavy (non-hydrogen) atoms. The lowest BCUT2D eigenvalue weighted by Gasteiger charge is -2.15. The standard InChI is InChI=1S/C24H19N3O2S/c1-16(29-21-8-4-2-6-18(21)15-25)24(28)26-19-12-10-17(11-13-19)14-23-27-20-7-3-5-9-22(20)30-23/h2-13,16H,14H2,1H3,(H,26,28). The van der Waals surface area contributed by atoms with Gasteiger partial charge in [0.15, 0.2) is 6.10 Å². The van der Waals surface area contributed by atoms with Gasteiger partial charge in [-0.1, -0.05) is 36.4 Å². The van der Waals surface area contributed by atoms with Gasteiger partial charge in [-0.15, -0.1) is 11.3 Å². The first kappa shape index (κ1) is 19.6. The normalized spacial score (nSPS) is 11.6. The first-order valence-electron chi connectivity index (χ1n) is 9.52. The van der Waals surface area contributed by atoms with Gasteiger partial charge in [-0.05, 0) is 48.9 Å². The molecule has 6 heteroatoms. The predicted octanol–water partition coefficient (Wildman–Crippen LogP) is 5.16. The number of rotatable bonds is 6. The van der Waals surface area contributed by atoms with Crippen LogP contribution in [0.4, 0.5) is 5.69 Å². The third-order valence-electron chi connectivity index (χ3n) is 4.60. The minimum atomic E-state index is -0.734. The van der Waals surface area contributed by atoms with Gasteiger partial charge in [0.25, 0.3) is 5.91 Å². The summed E-state index contributed by atoms with van der Waals surface area (Å²) in [6, 6.07) is 24.7. The van der Waals surface area contributed by atoms with E-state index in [1.165, 1.54) is 4.70 Å². The van der Waals surface area contributed by atoms with Crippen LogP contribution in [-0.2, 0) is 11.2 Å².